The summed E-state index contributed by atoms with van der Waals surface area (Å²) in [7, 11) is 0. The van der Waals surface area contributed by atoms with Crippen molar-refractivity contribution in [1.82, 2.24) is 5.16 Å². The standard InChI is InChI=1S/C18H22N2O4/c1-4-5-6-14-7-9-15(10-8-14)19-16(21)11-23-18(22)17-12(2)20-24-13(17)3/h7-10H,4-6,11H2,1-3H3,(H,19,21). The monoisotopic (exact) mass is 330 g/mol. The molecule has 1 N–H and O–H groups in total. The van der Waals surface area contributed by atoms with Gasteiger partial charge in [-0.05, 0) is 44.4 Å². The number of anilines is 1. The summed E-state index contributed by atoms with van der Waals surface area (Å²) in [5, 5.41) is 6.39. The average molecular weight is 330 g/mol. The summed E-state index contributed by atoms with van der Waals surface area (Å²) in [6.07, 6.45) is 3.32. The maximum absolute atomic E-state index is 11.9. The molecule has 1 amide bonds. The van der Waals surface area contributed by atoms with Crippen LogP contribution >= 0.6 is 0 Å². The molecule has 0 unspecified atom stereocenters. The van der Waals surface area contributed by atoms with Gasteiger partial charge in [0.15, 0.2) is 6.61 Å². The summed E-state index contributed by atoms with van der Waals surface area (Å²) in [6.45, 7) is 5.06. The van der Waals surface area contributed by atoms with Gasteiger partial charge in [0.2, 0.25) is 0 Å². The number of benzene rings is 1. The van der Waals surface area contributed by atoms with Crippen LogP contribution in [0.5, 0.6) is 0 Å². The van der Waals surface area contributed by atoms with Crippen molar-refractivity contribution >= 4 is 17.6 Å². The lowest BCUT2D eigenvalue weighted by atomic mass is 10.1. The van der Waals surface area contributed by atoms with Gasteiger partial charge >= 0.3 is 5.97 Å². The van der Waals surface area contributed by atoms with Crippen LogP contribution in [-0.4, -0.2) is 23.6 Å². The second-order valence-corrected chi connectivity index (χ2v) is 5.62. The molecular weight excluding hydrogens is 308 g/mol. The van der Waals surface area contributed by atoms with Crippen LogP contribution in [0.1, 0.15) is 47.1 Å². The zero-order chi connectivity index (χ0) is 17.5. The van der Waals surface area contributed by atoms with E-state index in [-0.39, 0.29) is 12.2 Å². The Labute approximate surface area is 141 Å². The Morgan fingerprint density at radius 1 is 1.21 bits per heavy atom. The van der Waals surface area contributed by atoms with Crippen LogP contribution in [0.2, 0.25) is 0 Å². The molecule has 2 aromatic rings. The molecule has 0 aliphatic rings. The molecule has 6 nitrogen and oxygen atoms in total. The molecule has 0 spiro atoms. The first kappa shape index (κ1) is 17.7. The van der Waals surface area contributed by atoms with Gasteiger partial charge in [-0.25, -0.2) is 4.79 Å². The quantitative estimate of drug-likeness (QED) is 0.787. The minimum Gasteiger partial charge on any atom is -0.452 e. The fraction of sp³-hybridized carbons (Fsp3) is 0.389. The summed E-state index contributed by atoms with van der Waals surface area (Å²) in [5.74, 6) is -0.631. The summed E-state index contributed by atoms with van der Waals surface area (Å²) < 4.78 is 9.91. The van der Waals surface area contributed by atoms with E-state index < -0.39 is 11.9 Å². The van der Waals surface area contributed by atoms with Crippen LogP contribution in [0, 0.1) is 13.8 Å². The van der Waals surface area contributed by atoms with E-state index in [0.29, 0.717) is 17.1 Å². The van der Waals surface area contributed by atoms with Gasteiger partial charge < -0.3 is 14.6 Å². The van der Waals surface area contributed by atoms with Crippen LogP contribution in [0.4, 0.5) is 5.69 Å². The van der Waals surface area contributed by atoms with Crippen LogP contribution in [-0.2, 0) is 16.0 Å². The number of esters is 1. The smallest absolute Gasteiger partial charge is 0.344 e. The predicted molar refractivity (Wildman–Crippen MR) is 89.9 cm³/mol. The molecule has 2 rings (SSSR count). The van der Waals surface area contributed by atoms with E-state index in [1.807, 2.05) is 24.3 Å². The minimum absolute atomic E-state index is 0.267. The minimum atomic E-state index is -0.615. The first-order valence-electron chi connectivity index (χ1n) is 8.00. The Morgan fingerprint density at radius 3 is 2.50 bits per heavy atom. The Morgan fingerprint density at radius 2 is 1.92 bits per heavy atom. The molecule has 0 saturated carbocycles. The lowest BCUT2D eigenvalue weighted by molar-refractivity contribution is -0.119. The number of amides is 1. The van der Waals surface area contributed by atoms with Gasteiger partial charge in [-0.3, -0.25) is 4.79 Å². The largest absolute Gasteiger partial charge is 0.452 e. The molecule has 0 atom stereocenters. The zero-order valence-corrected chi connectivity index (χ0v) is 14.2. The average Bonchev–Trinajstić information content (AvgIpc) is 2.91. The molecule has 0 fully saturated rings. The topological polar surface area (TPSA) is 81.4 Å². The third kappa shape index (κ3) is 4.68. The number of unbranched alkanes of at least 4 members (excludes halogenated alkanes) is 1. The van der Waals surface area contributed by atoms with Crippen molar-refractivity contribution in [3.63, 3.8) is 0 Å². The first-order valence-corrected chi connectivity index (χ1v) is 8.00. The fourth-order valence-electron chi connectivity index (χ4n) is 2.31. The lowest BCUT2D eigenvalue weighted by Crippen LogP contribution is -2.21. The molecule has 0 saturated heterocycles. The number of nitrogens with one attached hydrogen (secondary N) is 1. The fourth-order valence-corrected chi connectivity index (χ4v) is 2.31. The zero-order valence-electron chi connectivity index (χ0n) is 14.2. The van der Waals surface area contributed by atoms with E-state index in [4.69, 9.17) is 9.26 Å². The summed E-state index contributed by atoms with van der Waals surface area (Å²) >= 11 is 0. The first-order chi connectivity index (χ1) is 11.5. The maximum atomic E-state index is 11.9. The van der Waals surface area contributed by atoms with Crippen LogP contribution in [0.3, 0.4) is 0 Å². The highest BCUT2D eigenvalue weighted by Crippen LogP contribution is 2.14. The van der Waals surface area contributed by atoms with E-state index in [1.165, 1.54) is 5.56 Å². The number of nitrogens with zero attached hydrogens (tertiary/aromatic N) is 1. The van der Waals surface area contributed by atoms with Crippen molar-refractivity contribution in [1.29, 1.82) is 0 Å². The molecular formula is C18H22N2O4. The van der Waals surface area contributed by atoms with Crippen molar-refractivity contribution in [3.05, 3.63) is 46.8 Å². The number of carbonyl (C=O) groups is 2. The van der Waals surface area contributed by atoms with Gasteiger partial charge in [0.25, 0.3) is 5.91 Å². The van der Waals surface area contributed by atoms with E-state index in [2.05, 4.69) is 17.4 Å². The third-order valence-corrected chi connectivity index (χ3v) is 3.63. The molecule has 1 heterocycles. The number of hydrogen-bond acceptors (Lipinski definition) is 5. The van der Waals surface area contributed by atoms with Gasteiger partial charge in [-0.2, -0.15) is 0 Å². The SMILES string of the molecule is CCCCc1ccc(NC(=O)COC(=O)c2c(C)noc2C)cc1. The Bertz CT molecular complexity index is 685. The lowest BCUT2D eigenvalue weighted by Gasteiger charge is -2.07. The third-order valence-electron chi connectivity index (χ3n) is 3.63. The Hall–Kier alpha value is -2.63. The predicted octanol–water partition coefficient (Wildman–Crippen LogP) is 3.43. The highest BCUT2D eigenvalue weighted by molar-refractivity contribution is 5.96. The van der Waals surface area contributed by atoms with Gasteiger partial charge in [0, 0.05) is 5.69 Å². The van der Waals surface area contributed by atoms with Crippen molar-refractivity contribution in [2.45, 2.75) is 40.0 Å². The maximum Gasteiger partial charge on any atom is 0.344 e. The van der Waals surface area contributed by atoms with Gasteiger partial charge in [0.05, 0.1) is 5.69 Å². The molecule has 128 valence electrons. The molecule has 1 aromatic carbocycles. The number of rotatable bonds is 7. The molecule has 0 aliphatic carbocycles. The van der Waals surface area contributed by atoms with E-state index >= 15 is 0 Å². The molecule has 24 heavy (non-hydrogen) atoms. The second kappa shape index (κ2) is 8.29. The van der Waals surface area contributed by atoms with Gasteiger partial charge in [-0.15, -0.1) is 0 Å². The molecule has 0 bridgehead atoms. The van der Waals surface area contributed by atoms with Crippen LogP contribution in [0.15, 0.2) is 28.8 Å². The van der Waals surface area contributed by atoms with Crippen LogP contribution < -0.4 is 5.32 Å². The van der Waals surface area contributed by atoms with Crippen molar-refractivity contribution in [2.75, 3.05) is 11.9 Å². The van der Waals surface area contributed by atoms with E-state index in [0.717, 1.165) is 19.3 Å². The number of ether oxygens (including phenoxy) is 1. The number of aromatic nitrogens is 1. The summed E-state index contributed by atoms with van der Waals surface area (Å²) in [4.78, 5) is 23.8. The van der Waals surface area contributed by atoms with Crippen molar-refractivity contribution in [2.24, 2.45) is 0 Å². The van der Waals surface area contributed by atoms with Crippen molar-refractivity contribution < 1.29 is 18.8 Å². The van der Waals surface area contributed by atoms with E-state index in [9.17, 15) is 9.59 Å². The van der Waals surface area contributed by atoms with Gasteiger partial charge in [0.1, 0.15) is 11.3 Å². The second-order valence-electron chi connectivity index (χ2n) is 5.62. The molecule has 1 aromatic heterocycles. The number of hydrogen-bond donors (Lipinski definition) is 1. The molecule has 6 heteroatoms. The van der Waals surface area contributed by atoms with Crippen LogP contribution in [0.25, 0.3) is 0 Å². The molecule has 0 radical (unpaired) electrons. The van der Waals surface area contributed by atoms with E-state index in [1.54, 1.807) is 13.8 Å². The Balaban J connectivity index is 1.84. The Kier molecular flexibility index (Phi) is 6.12. The summed E-state index contributed by atoms with van der Waals surface area (Å²) in [5.41, 5.74) is 2.62. The number of carbonyl (C=O) groups excluding carboxylic acids is 2. The highest BCUT2D eigenvalue weighted by atomic mass is 16.5. The summed E-state index contributed by atoms with van der Waals surface area (Å²) in [6, 6.07) is 7.67. The molecule has 0 aliphatic heterocycles. The van der Waals surface area contributed by atoms with Crippen molar-refractivity contribution in [3.8, 4) is 0 Å². The van der Waals surface area contributed by atoms with Gasteiger partial charge in [-0.1, -0.05) is 30.6 Å². The normalized spacial score (nSPS) is 10.5. The number of aryl methyl sites for hydroxylation is 3. The highest BCUT2D eigenvalue weighted by Gasteiger charge is 2.19.